The molecule has 0 saturated heterocycles. The molecule has 2 amide bonds. The average Bonchev–Trinajstić information content (AvgIpc) is 2.61. The number of anilines is 2. The Morgan fingerprint density at radius 2 is 1.88 bits per heavy atom. The molecule has 1 aliphatic heterocycles. The molecule has 140 valence electrons. The van der Waals surface area contributed by atoms with Gasteiger partial charge in [-0.15, -0.1) is 0 Å². The predicted molar refractivity (Wildman–Crippen MR) is 98.8 cm³/mol. The Kier molecular flexibility index (Phi) is 5.30. The van der Waals surface area contributed by atoms with Gasteiger partial charge in [0.15, 0.2) is 6.61 Å². The van der Waals surface area contributed by atoms with Crippen molar-refractivity contribution in [2.75, 3.05) is 16.8 Å². The first kappa shape index (κ1) is 18.4. The second kappa shape index (κ2) is 7.48. The zero-order valence-corrected chi connectivity index (χ0v) is 15.4. The highest BCUT2D eigenvalue weighted by atomic mass is 16.5. The van der Waals surface area contributed by atoms with E-state index < -0.39 is 11.4 Å². The molecule has 0 atom stereocenters. The third-order valence-corrected chi connectivity index (χ3v) is 5.29. The van der Waals surface area contributed by atoms with Crippen LogP contribution in [0, 0.1) is 5.92 Å². The van der Waals surface area contributed by atoms with Gasteiger partial charge in [-0.3, -0.25) is 19.3 Å². The van der Waals surface area contributed by atoms with Crippen LogP contribution in [-0.4, -0.2) is 29.9 Å². The van der Waals surface area contributed by atoms with Crippen LogP contribution in [0.25, 0.3) is 0 Å². The fourth-order valence-electron chi connectivity index (χ4n) is 3.79. The van der Waals surface area contributed by atoms with Crippen molar-refractivity contribution in [3.63, 3.8) is 0 Å². The normalized spacial score (nSPS) is 19.5. The molecular formula is C20H26N2O4. The summed E-state index contributed by atoms with van der Waals surface area (Å²) >= 11 is 0. The molecule has 1 saturated carbocycles. The molecule has 1 fully saturated rings. The molecule has 1 aliphatic carbocycles. The lowest BCUT2D eigenvalue weighted by Gasteiger charge is -2.41. The van der Waals surface area contributed by atoms with Gasteiger partial charge in [0.05, 0.1) is 11.4 Å². The van der Waals surface area contributed by atoms with E-state index in [9.17, 15) is 14.4 Å². The fourth-order valence-corrected chi connectivity index (χ4v) is 3.79. The number of amides is 2. The Bertz CT molecular complexity index is 708. The summed E-state index contributed by atoms with van der Waals surface area (Å²) < 4.78 is 5.24. The number of para-hydroxylation sites is 2. The largest absolute Gasteiger partial charge is 0.456 e. The monoisotopic (exact) mass is 358 g/mol. The van der Waals surface area contributed by atoms with Gasteiger partial charge in [-0.05, 0) is 44.7 Å². The van der Waals surface area contributed by atoms with Crippen molar-refractivity contribution in [1.29, 1.82) is 0 Å². The quantitative estimate of drug-likeness (QED) is 0.838. The van der Waals surface area contributed by atoms with Crippen molar-refractivity contribution >= 4 is 29.2 Å². The van der Waals surface area contributed by atoms with Gasteiger partial charge in [0, 0.05) is 6.42 Å². The number of nitrogens with zero attached hydrogens (tertiary/aromatic N) is 1. The summed E-state index contributed by atoms with van der Waals surface area (Å²) in [6, 6.07) is 7.13. The second-order valence-corrected chi connectivity index (χ2v) is 7.63. The molecule has 2 aliphatic rings. The van der Waals surface area contributed by atoms with Gasteiger partial charge in [0.2, 0.25) is 5.91 Å². The maximum Gasteiger partial charge on any atom is 0.306 e. The zero-order chi connectivity index (χ0) is 18.7. The summed E-state index contributed by atoms with van der Waals surface area (Å²) in [6.07, 6.45) is 6.02. The summed E-state index contributed by atoms with van der Waals surface area (Å²) in [6.45, 7) is 3.01. The summed E-state index contributed by atoms with van der Waals surface area (Å²) in [5, 5.41) is 2.81. The molecule has 1 N–H and O–H groups in total. The number of carbonyl (C=O) groups is 3. The van der Waals surface area contributed by atoms with Gasteiger partial charge in [0.1, 0.15) is 5.54 Å². The first-order valence-corrected chi connectivity index (χ1v) is 9.29. The Morgan fingerprint density at radius 1 is 1.19 bits per heavy atom. The minimum Gasteiger partial charge on any atom is -0.456 e. The lowest BCUT2D eigenvalue weighted by atomic mass is 9.87. The van der Waals surface area contributed by atoms with Gasteiger partial charge in [-0.2, -0.15) is 0 Å². The number of hydrogen-bond donors (Lipinski definition) is 1. The van der Waals surface area contributed by atoms with Crippen LogP contribution in [-0.2, 0) is 19.1 Å². The van der Waals surface area contributed by atoms with Crippen LogP contribution in [0.1, 0.15) is 52.4 Å². The predicted octanol–water partition coefficient (Wildman–Crippen LogP) is 3.26. The zero-order valence-electron chi connectivity index (χ0n) is 15.4. The summed E-state index contributed by atoms with van der Waals surface area (Å²) in [7, 11) is 0. The number of carbonyl (C=O) groups excluding carboxylic acids is 3. The van der Waals surface area contributed by atoms with Crippen LogP contribution in [0.5, 0.6) is 0 Å². The Labute approximate surface area is 153 Å². The van der Waals surface area contributed by atoms with Crippen LogP contribution >= 0.6 is 0 Å². The molecule has 26 heavy (non-hydrogen) atoms. The van der Waals surface area contributed by atoms with Crippen molar-refractivity contribution in [2.45, 2.75) is 57.9 Å². The van der Waals surface area contributed by atoms with Crippen LogP contribution in [0.2, 0.25) is 0 Å². The lowest BCUT2D eigenvalue weighted by Crippen LogP contribution is -2.59. The van der Waals surface area contributed by atoms with Crippen molar-refractivity contribution in [3.05, 3.63) is 24.3 Å². The molecule has 1 aromatic rings. The van der Waals surface area contributed by atoms with Crippen molar-refractivity contribution in [3.8, 4) is 0 Å². The minimum atomic E-state index is -1.05. The molecule has 6 heteroatoms. The van der Waals surface area contributed by atoms with Crippen LogP contribution in [0.3, 0.4) is 0 Å². The number of hydrogen-bond acceptors (Lipinski definition) is 4. The van der Waals surface area contributed by atoms with Crippen LogP contribution < -0.4 is 10.2 Å². The van der Waals surface area contributed by atoms with E-state index in [0.717, 1.165) is 25.7 Å². The maximum atomic E-state index is 12.8. The highest BCUT2D eigenvalue weighted by Crippen LogP contribution is 2.36. The lowest BCUT2D eigenvalue weighted by molar-refractivity contribution is -0.149. The molecule has 0 aromatic heterocycles. The smallest absolute Gasteiger partial charge is 0.306 e. The second-order valence-electron chi connectivity index (χ2n) is 7.63. The topological polar surface area (TPSA) is 75.7 Å². The van der Waals surface area contributed by atoms with E-state index in [4.69, 9.17) is 4.74 Å². The van der Waals surface area contributed by atoms with E-state index >= 15 is 0 Å². The van der Waals surface area contributed by atoms with E-state index in [1.807, 2.05) is 6.07 Å². The molecule has 3 rings (SSSR count). The Hall–Kier alpha value is -2.37. The highest BCUT2D eigenvalue weighted by molar-refractivity contribution is 6.14. The van der Waals surface area contributed by atoms with E-state index in [1.54, 1.807) is 32.0 Å². The number of fused-ring (bicyclic) bond motifs is 1. The highest BCUT2D eigenvalue weighted by Gasteiger charge is 2.43. The third-order valence-electron chi connectivity index (χ3n) is 5.29. The first-order chi connectivity index (χ1) is 12.4. The number of esters is 1. The van der Waals surface area contributed by atoms with E-state index in [2.05, 4.69) is 5.32 Å². The number of nitrogens with one attached hydrogen (secondary N) is 1. The summed E-state index contributed by atoms with van der Waals surface area (Å²) in [4.78, 5) is 38.7. The van der Waals surface area contributed by atoms with E-state index in [-0.39, 0.29) is 18.5 Å². The van der Waals surface area contributed by atoms with Gasteiger partial charge in [0.25, 0.3) is 5.91 Å². The molecule has 0 radical (unpaired) electrons. The summed E-state index contributed by atoms with van der Waals surface area (Å²) in [5.74, 6) is -0.630. The minimum absolute atomic E-state index is 0.266. The fraction of sp³-hybridized carbons (Fsp3) is 0.550. The number of benzene rings is 1. The van der Waals surface area contributed by atoms with Gasteiger partial charge < -0.3 is 10.1 Å². The molecule has 1 aromatic carbocycles. The Morgan fingerprint density at radius 3 is 2.62 bits per heavy atom. The standard InChI is InChI=1S/C20H26N2O4/c1-20(2)19(25)21-15-10-6-7-11-16(15)22(20)17(23)13-26-18(24)12-14-8-4-3-5-9-14/h6-7,10-11,14H,3-5,8-9,12-13H2,1-2H3,(H,21,25). The molecule has 0 unspecified atom stereocenters. The van der Waals surface area contributed by atoms with E-state index in [0.29, 0.717) is 23.7 Å². The Balaban J connectivity index is 1.66. The molecule has 1 heterocycles. The molecule has 0 spiro atoms. The summed E-state index contributed by atoms with van der Waals surface area (Å²) in [5.41, 5.74) is 0.144. The van der Waals surface area contributed by atoms with Gasteiger partial charge in [-0.1, -0.05) is 31.4 Å². The number of rotatable bonds is 4. The first-order valence-electron chi connectivity index (χ1n) is 9.29. The molecule has 6 nitrogen and oxygen atoms in total. The average molecular weight is 358 g/mol. The molecule has 0 bridgehead atoms. The van der Waals surface area contributed by atoms with Crippen molar-refractivity contribution in [1.82, 2.24) is 0 Å². The van der Waals surface area contributed by atoms with Crippen LogP contribution in [0.15, 0.2) is 24.3 Å². The third kappa shape index (κ3) is 3.74. The SMILES string of the molecule is CC1(C)C(=O)Nc2ccccc2N1C(=O)COC(=O)CC1CCCCC1. The van der Waals surface area contributed by atoms with Gasteiger partial charge in [-0.25, -0.2) is 0 Å². The molecular weight excluding hydrogens is 332 g/mol. The maximum absolute atomic E-state index is 12.8. The van der Waals surface area contributed by atoms with E-state index in [1.165, 1.54) is 11.3 Å². The van der Waals surface area contributed by atoms with Crippen molar-refractivity contribution < 1.29 is 19.1 Å². The van der Waals surface area contributed by atoms with Gasteiger partial charge >= 0.3 is 5.97 Å². The number of ether oxygens (including phenoxy) is 1. The van der Waals surface area contributed by atoms with Crippen LogP contribution in [0.4, 0.5) is 11.4 Å². The van der Waals surface area contributed by atoms with Crippen molar-refractivity contribution in [2.24, 2.45) is 5.92 Å².